The number of hydrogen-bond donors (Lipinski definition) is 2. The molecule has 0 spiro atoms. The molecule has 0 atom stereocenters. The molecule has 0 aliphatic heterocycles. The van der Waals surface area contributed by atoms with Gasteiger partial charge < -0.3 is 19.2 Å². The van der Waals surface area contributed by atoms with Crippen LogP contribution < -0.4 is 5.63 Å². The Bertz CT molecular complexity index is 1220. The number of H-pyrrole nitrogens is 1. The first-order valence-electron chi connectivity index (χ1n) is 8.58. The highest BCUT2D eigenvalue weighted by molar-refractivity contribution is 6.04. The fraction of sp³-hybridized carbons (Fsp3) is 0.143. The van der Waals surface area contributed by atoms with Gasteiger partial charge in [0.2, 0.25) is 0 Å². The number of esters is 1. The smallest absolute Gasteiger partial charge is 0.340 e. The summed E-state index contributed by atoms with van der Waals surface area (Å²) in [5.41, 5.74) is 2.23. The maximum Gasteiger partial charge on any atom is 0.340 e. The van der Waals surface area contributed by atoms with Crippen molar-refractivity contribution >= 4 is 27.8 Å². The van der Waals surface area contributed by atoms with E-state index in [-0.39, 0.29) is 17.9 Å². The number of aromatic nitrogens is 1. The van der Waals surface area contributed by atoms with Crippen molar-refractivity contribution in [2.24, 2.45) is 0 Å². The monoisotopic (exact) mass is 363 g/mol. The molecule has 0 aliphatic rings. The van der Waals surface area contributed by atoms with Crippen molar-refractivity contribution in [2.45, 2.75) is 20.0 Å². The van der Waals surface area contributed by atoms with Crippen LogP contribution in [0.2, 0.25) is 0 Å². The average molecular weight is 363 g/mol. The molecule has 0 radical (unpaired) electrons. The molecule has 27 heavy (non-hydrogen) atoms. The highest BCUT2D eigenvalue weighted by atomic mass is 16.5. The molecule has 2 heterocycles. The normalized spacial score (nSPS) is 11.1. The lowest BCUT2D eigenvalue weighted by atomic mass is 10.0. The van der Waals surface area contributed by atoms with E-state index in [1.54, 1.807) is 12.3 Å². The summed E-state index contributed by atoms with van der Waals surface area (Å²) in [6.45, 7) is 1.84. The first-order chi connectivity index (χ1) is 13.1. The van der Waals surface area contributed by atoms with Crippen molar-refractivity contribution in [3.8, 4) is 5.75 Å². The number of para-hydroxylation sites is 1. The topological polar surface area (TPSA) is 92.5 Å². The van der Waals surface area contributed by atoms with E-state index in [1.165, 1.54) is 12.1 Å². The highest BCUT2D eigenvalue weighted by Crippen LogP contribution is 2.27. The third kappa shape index (κ3) is 3.06. The maximum absolute atomic E-state index is 12.5. The zero-order chi connectivity index (χ0) is 19.0. The van der Waals surface area contributed by atoms with Crippen LogP contribution in [0.5, 0.6) is 5.75 Å². The van der Waals surface area contributed by atoms with E-state index >= 15 is 0 Å². The minimum Gasteiger partial charge on any atom is -0.508 e. The number of carbonyl (C=O) groups is 1. The van der Waals surface area contributed by atoms with Gasteiger partial charge in [-0.2, -0.15) is 0 Å². The van der Waals surface area contributed by atoms with Gasteiger partial charge in [0.25, 0.3) is 0 Å². The van der Waals surface area contributed by atoms with Gasteiger partial charge in [-0.1, -0.05) is 25.1 Å². The van der Waals surface area contributed by atoms with Crippen molar-refractivity contribution in [2.75, 3.05) is 0 Å². The molecule has 2 aromatic heterocycles. The molecule has 4 rings (SSSR count). The number of aryl methyl sites for hydroxylation is 1. The summed E-state index contributed by atoms with van der Waals surface area (Å²) in [6.07, 6.45) is 2.23. The molecule has 4 aromatic rings. The van der Waals surface area contributed by atoms with Crippen molar-refractivity contribution in [3.63, 3.8) is 0 Å². The van der Waals surface area contributed by atoms with Crippen LogP contribution in [0, 0.1) is 0 Å². The minimum absolute atomic E-state index is 0.0705. The van der Waals surface area contributed by atoms with Crippen LogP contribution in [0.3, 0.4) is 0 Å². The van der Waals surface area contributed by atoms with E-state index in [2.05, 4.69) is 4.98 Å². The molecule has 0 unspecified atom stereocenters. The molecule has 2 aromatic carbocycles. The number of benzene rings is 2. The Balaban J connectivity index is 1.67. The zero-order valence-corrected chi connectivity index (χ0v) is 14.6. The molecular weight excluding hydrogens is 346 g/mol. The summed E-state index contributed by atoms with van der Waals surface area (Å²) in [5, 5.41) is 11.4. The van der Waals surface area contributed by atoms with Crippen molar-refractivity contribution < 1.29 is 19.1 Å². The van der Waals surface area contributed by atoms with Crippen LogP contribution in [0.15, 0.2) is 57.9 Å². The van der Waals surface area contributed by atoms with E-state index in [1.807, 2.05) is 31.2 Å². The highest BCUT2D eigenvalue weighted by Gasteiger charge is 2.15. The molecule has 0 saturated carbocycles. The van der Waals surface area contributed by atoms with Crippen LogP contribution in [0.25, 0.3) is 21.9 Å². The van der Waals surface area contributed by atoms with Crippen molar-refractivity contribution in [1.82, 2.24) is 4.98 Å². The molecule has 0 saturated heterocycles. The fourth-order valence-electron chi connectivity index (χ4n) is 3.17. The molecule has 0 amide bonds. The van der Waals surface area contributed by atoms with E-state index < -0.39 is 11.6 Å². The second-order valence-corrected chi connectivity index (χ2v) is 6.25. The second kappa shape index (κ2) is 6.64. The number of fused-ring (bicyclic) bond motifs is 2. The maximum atomic E-state index is 12.5. The quantitative estimate of drug-likeness (QED) is 0.424. The Morgan fingerprint density at radius 2 is 1.96 bits per heavy atom. The minimum atomic E-state index is -0.565. The Morgan fingerprint density at radius 1 is 1.15 bits per heavy atom. The largest absolute Gasteiger partial charge is 0.508 e. The molecule has 6 nitrogen and oxygen atoms in total. The predicted molar refractivity (Wildman–Crippen MR) is 101 cm³/mol. The van der Waals surface area contributed by atoms with Gasteiger partial charge in [0.15, 0.2) is 0 Å². The van der Waals surface area contributed by atoms with Gasteiger partial charge in [-0.05, 0) is 24.1 Å². The summed E-state index contributed by atoms with van der Waals surface area (Å²) in [5.74, 6) is -0.413. The van der Waals surface area contributed by atoms with Gasteiger partial charge in [0.05, 0.1) is 5.56 Å². The number of nitrogens with one attached hydrogen (secondary N) is 1. The standard InChI is InChI=1S/C21H17NO5/c1-2-12-7-15-13(8-20(24)27-19(15)9-18(12)23)11-26-21(25)16-10-22-17-6-4-3-5-14(16)17/h3-10,22-23H,2,11H2,1H3. The molecule has 0 bridgehead atoms. The summed E-state index contributed by atoms with van der Waals surface area (Å²) < 4.78 is 10.6. The van der Waals surface area contributed by atoms with Crippen LogP contribution in [0.4, 0.5) is 0 Å². The van der Waals surface area contributed by atoms with E-state index in [4.69, 9.17) is 9.15 Å². The van der Waals surface area contributed by atoms with Gasteiger partial charge >= 0.3 is 11.6 Å². The number of rotatable bonds is 4. The summed E-state index contributed by atoms with van der Waals surface area (Å²) in [4.78, 5) is 27.4. The van der Waals surface area contributed by atoms with Crippen LogP contribution in [-0.4, -0.2) is 16.1 Å². The lowest BCUT2D eigenvalue weighted by Crippen LogP contribution is -2.08. The molecule has 136 valence electrons. The summed E-state index contributed by atoms with van der Waals surface area (Å²) >= 11 is 0. The lowest BCUT2D eigenvalue weighted by molar-refractivity contribution is 0.0476. The van der Waals surface area contributed by atoms with E-state index in [9.17, 15) is 14.7 Å². The summed E-state index contributed by atoms with van der Waals surface area (Å²) in [7, 11) is 0. The lowest BCUT2D eigenvalue weighted by Gasteiger charge is -2.09. The van der Waals surface area contributed by atoms with Gasteiger partial charge in [-0.15, -0.1) is 0 Å². The molecule has 0 aliphatic carbocycles. The zero-order valence-electron chi connectivity index (χ0n) is 14.6. The molecular formula is C21H17NO5. The number of phenolic OH excluding ortho intramolecular Hbond substituents is 1. The number of phenols is 1. The first-order valence-corrected chi connectivity index (χ1v) is 8.58. The Morgan fingerprint density at radius 3 is 2.78 bits per heavy atom. The van der Waals surface area contributed by atoms with Crippen LogP contribution >= 0.6 is 0 Å². The average Bonchev–Trinajstić information content (AvgIpc) is 3.09. The number of aromatic amines is 1. The van der Waals surface area contributed by atoms with Gasteiger partial charge in [-0.25, -0.2) is 9.59 Å². The van der Waals surface area contributed by atoms with Crippen LogP contribution in [0.1, 0.15) is 28.4 Å². The first kappa shape index (κ1) is 16.9. The van der Waals surface area contributed by atoms with Crippen LogP contribution in [-0.2, 0) is 17.8 Å². The summed E-state index contributed by atoms with van der Waals surface area (Å²) in [6, 6.07) is 11.9. The van der Waals surface area contributed by atoms with Gasteiger partial charge in [-0.3, -0.25) is 0 Å². The Hall–Kier alpha value is -3.54. The van der Waals surface area contributed by atoms with E-state index in [0.717, 1.165) is 16.5 Å². The second-order valence-electron chi connectivity index (χ2n) is 6.25. The molecule has 6 heteroatoms. The molecule has 2 N–H and O–H groups in total. The van der Waals surface area contributed by atoms with Crippen molar-refractivity contribution in [1.29, 1.82) is 0 Å². The number of ether oxygens (including phenoxy) is 1. The number of carbonyl (C=O) groups excluding carboxylic acids is 1. The Kier molecular flexibility index (Phi) is 4.16. The van der Waals surface area contributed by atoms with Gasteiger partial charge in [0, 0.05) is 40.2 Å². The molecule has 0 fully saturated rings. The predicted octanol–water partition coefficient (Wildman–Crippen LogP) is 3.90. The van der Waals surface area contributed by atoms with E-state index in [0.29, 0.717) is 22.9 Å². The fourth-order valence-corrected chi connectivity index (χ4v) is 3.17. The van der Waals surface area contributed by atoms with Gasteiger partial charge in [0.1, 0.15) is 17.9 Å². The number of aromatic hydroxyl groups is 1. The SMILES string of the molecule is CCc1cc2c(COC(=O)c3c[nH]c4ccccc34)cc(=O)oc2cc1O. The van der Waals surface area contributed by atoms with Crippen molar-refractivity contribution in [3.05, 3.63) is 75.8 Å². The Labute approximate surface area is 154 Å². The third-order valence-electron chi connectivity index (χ3n) is 4.58. The third-order valence-corrected chi connectivity index (χ3v) is 4.58. The number of hydrogen-bond acceptors (Lipinski definition) is 5.